The first-order chi connectivity index (χ1) is 11.1. The molecule has 1 aromatic rings. The molecule has 0 radical (unpaired) electrons. The summed E-state index contributed by atoms with van der Waals surface area (Å²) in [5.41, 5.74) is 2.53. The zero-order valence-corrected chi connectivity index (χ0v) is 14.8. The Bertz CT molecular complexity index is 502. The number of ether oxygens (including phenoxy) is 2. The predicted octanol–water partition coefficient (Wildman–Crippen LogP) is 2.43. The zero-order chi connectivity index (χ0) is 16.7. The molecule has 4 heteroatoms. The highest BCUT2D eigenvalue weighted by atomic mass is 16.5. The van der Waals surface area contributed by atoms with E-state index in [-0.39, 0.29) is 0 Å². The molecule has 1 aliphatic rings. The van der Waals surface area contributed by atoms with E-state index in [0.29, 0.717) is 5.92 Å². The van der Waals surface area contributed by atoms with Gasteiger partial charge in [0.15, 0.2) is 0 Å². The molecule has 0 N–H and O–H groups in total. The highest BCUT2D eigenvalue weighted by Crippen LogP contribution is 2.22. The molecule has 4 nitrogen and oxygen atoms in total. The van der Waals surface area contributed by atoms with Gasteiger partial charge in [0.1, 0.15) is 5.75 Å². The van der Waals surface area contributed by atoms with Gasteiger partial charge in [-0.2, -0.15) is 0 Å². The molecule has 1 unspecified atom stereocenters. The van der Waals surface area contributed by atoms with Crippen molar-refractivity contribution >= 4 is 0 Å². The lowest BCUT2D eigenvalue weighted by atomic mass is 10.1. The monoisotopic (exact) mass is 318 g/mol. The van der Waals surface area contributed by atoms with Gasteiger partial charge in [-0.3, -0.25) is 4.90 Å². The minimum absolute atomic E-state index is 0.568. The maximum Gasteiger partial charge on any atom is 0.122 e. The fraction of sp³-hybridized carbons (Fsp3) is 0.579. The molecule has 1 heterocycles. The minimum atomic E-state index is 0.568. The first kappa shape index (κ1) is 18.0. The Hall–Kier alpha value is -1.36. The second kappa shape index (κ2) is 9.06. The first-order valence-corrected chi connectivity index (χ1v) is 8.34. The van der Waals surface area contributed by atoms with Crippen molar-refractivity contribution in [1.82, 2.24) is 9.80 Å². The van der Waals surface area contributed by atoms with Gasteiger partial charge in [-0.05, 0) is 37.7 Å². The quantitative estimate of drug-likeness (QED) is 0.721. The third kappa shape index (κ3) is 5.65. The van der Waals surface area contributed by atoms with Crippen molar-refractivity contribution in [3.05, 3.63) is 42.0 Å². The predicted molar refractivity (Wildman–Crippen MR) is 95.0 cm³/mol. The summed E-state index contributed by atoms with van der Waals surface area (Å²) in [5, 5.41) is 0. The van der Waals surface area contributed by atoms with E-state index in [1.807, 2.05) is 6.08 Å². The molecule has 1 aromatic carbocycles. The maximum absolute atomic E-state index is 5.77. The van der Waals surface area contributed by atoms with Crippen LogP contribution >= 0.6 is 0 Å². The number of methoxy groups -OCH3 is 1. The largest absolute Gasteiger partial charge is 0.496 e. The Labute approximate surface area is 140 Å². The molecule has 0 aliphatic carbocycles. The Morgan fingerprint density at radius 3 is 2.96 bits per heavy atom. The van der Waals surface area contributed by atoms with Crippen molar-refractivity contribution in [2.24, 2.45) is 5.92 Å². The van der Waals surface area contributed by atoms with Crippen molar-refractivity contribution in [3.8, 4) is 5.75 Å². The van der Waals surface area contributed by atoms with Crippen LogP contribution in [0.4, 0.5) is 0 Å². The van der Waals surface area contributed by atoms with Gasteiger partial charge in [0, 0.05) is 32.1 Å². The van der Waals surface area contributed by atoms with Crippen LogP contribution in [0.15, 0.2) is 30.9 Å². The van der Waals surface area contributed by atoms with Crippen LogP contribution in [-0.2, 0) is 17.7 Å². The molecule has 0 bridgehead atoms. The lowest BCUT2D eigenvalue weighted by molar-refractivity contribution is 0.112. The van der Waals surface area contributed by atoms with Crippen LogP contribution in [0.5, 0.6) is 5.75 Å². The van der Waals surface area contributed by atoms with Gasteiger partial charge in [0.25, 0.3) is 0 Å². The molecule has 2 rings (SSSR count). The smallest absolute Gasteiger partial charge is 0.122 e. The lowest BCUT2D eigenvalue weighted by Gasteiger charge is -2.25. The summed E-state index contributed by atoms with van der Waals surface area (Å²) in [5.74, 6) is 1.51. The highest BCUT2D eigenvalue weighted by molar-refractivity contribution is 5.38. The molecule has 1 atom stereocenters. The molecule has 0 amide bonds. The molecule has 1 fully saturated rings. The van der Waals surface area contributed by atoms with Gasteiger partial charge in [0.05, 0.1) is 20.3 Å². The lowest BCUT2D eigenvalue weighted by Crippen LogP contribution is -2.34. The summed E-state index contributed by atoms with van der Waals surface area (Å²) in [7, 11) is 5.97. The van der Waals surface area contributed by atoms with E-state index in [0.717, 1.165) is 51.6 Å². The van der Waals surface area contributed by atoms with E-state index in [2.05, 4.69) is 48.7 Å². The van der Waals surface area contributed by atoms with Crippen LogP contribution in [0.2, 0.25) is 0 Å². The fourth-order valence-electron chi connectivity index (χ4n) is 3.23. The van der Waals surface area contributed by atoms with Gasteiger partial charge in [-0.1, -0.05) is 18.2 Å². The molecule has 0 aromatic heterocycles. The molecular formula is C19H30N2O2. The summed E-state index contributed by atoms with van der Waals surface area (Å²) in [4.78, 5) is 4.74. The molecule has 128 valence electrons. The third-order valence-corrected chi connectivity index (χ3v) is 4.16. The summed E-state index contributed by atoms with van der Waals surface area (Å²) in [6.07, 6.45) is 2.76. The topological polar surface area (TPSA) is 24.9 Å². The van der Waals surface area contributed by atoms with E-state index >= 15 is 0 Å². The Balaban J connectivity index is 2.04. The van der Waals surface area contributed by atoms with Crippen LogP contribution in [0.25, 0.3) is 0 Å². The molecule has 23 heavy (non-hydrogen) atoms. The molecule has 1 saturated heterocycles. The van der Waals surface area contributed by atoms with Crippen molar-refractivity contribution < 1.29 is 9.47 Å². The molecule has 0 spiro atoms. The first-order valence-electron chi connectivity index (χ1n) is 8.34. The van der Waals surface area contributed by atoms with Gasteiger partial charge in [-0.15, -0.1) is 6.58 Å². The Morgan fingerprint density at radius 1 is 1.43 bits per heavy atom. The van der Waals surface area contributed by atoms with Gasteiger partial charge in [-0.25, -0.2) is 0 Å². The van der Waals surface area contributed by atoms with Crippen LogP contribution in [0.1, 0.15) is 11.1 Å². The van der Waals surface area contributed by atoms with E-state index in [1.54, 1.807) is 7.11 Å². The summed E-state index contributed by atoms with van der Waals surface area (Å²) >= 11 is 0. The molecule has 0 saturated carbocycles. The summed E-state index contributed by atoms with van der Waals surface area (Å²) in [6, 6.07) is 6.48. The minimum Gasteiger partial charge on any atom is -0.496 e. The average molecular weight is 318 g/mol. The molecule has 1 aliphatic heterocycles. The second-order valence-electron chi connectivity index (χ2n) is 6.58. The zero-order valence-electron chi connectivity index (χ0n) is 14.8. The molecular weight excluding hydrogens is 288 g/mol. The highest BCUT2D eigenvalue weighted by Gasteiger charge is 2.19. The van der Waals surface area contributed by atoms with Gasteiger partial charge in [0.2, 0.25) is 0 Å². The normalized spacial score (nSPS) is 19.6. The van der Waals surface area contributed by atoms with Gasteiger partial charge >= 0.3 is 0 Å². The van der Waals surface area contributed by atoms with Gasteiger partial charge < -0.3 is 14.4 Å². The third-order valence-electron chi connectivity index (χ3n) is 4.16. The standard InChI is InChI=1S/C19H30N2O2/c1-5-6-18-11-16(7-8-19(18)22-4)13-21-9-10-23-15-17(14-21)12-20(2)3/h5,7-8,11,17H,1,6,9-10,12-15H2,2-4H3. The maximum atomic E-state index is 5.77. The summed E-state index contributed by atoms with van der Waals surface area (Å²) < 4.78 is 11.2. The van der Waals surface area contributed by atoms with Crippen LogP contribution in [0.3, 0.4) is 0 Å². The SMILES string of the molecule is C=CCc1cc(CN2CCOCC(CN(C)C)C2)ccc1OC. The second-order valence-corrected chi connectivity index (χ2v) is 6.58. The van der Waals surface area contributed by atoms with Crippen molar-refractivity contribution in [3.63, 3.8) is 0 Å². The number of nitrogens with zero attached hydrogens (tertiary/aromatic N) is 2. The van der Waals surface area contributed by atoms with Crippen molar-refractivity contribution in [1.29, 1.82) is 0 Å². The Morgan fingerprint density at radius 2 is 2.26 bits per heavy atom. The van der Waals surface area contributed by atoms with Crippen LogP contribution in [-0.4, -0.2) is 63.9 Å². The number of allylic oxidation sites excluding steroid dienone is 1. The van der Waals surface area contributed by atoms with E-state index in [4.69, 9.17) is 9.47 Å². The van der Waals surface area contributed by atoms with Crippen molar-refractivity contribution in [2.45, 2.75) is 13.0 Å². The fourth-order valence-corrected chi connectivity index (χ4v) is 3.23. The van der Waals surface area contributed by atoms with E-state index in [9.17, 15) is 0 Å². The van der Waals surface area contributed by atoms with Crippen LogP contribution in [0, 0.1) is 5.92 Å². The number of hydrogen-bond donors (Lipinski definition) is 0. The Kier molecular flexibility index (Phi) is 7.09. The number of hydrogen-bond acceptors (Lipinski definition) is 4. The number of rotatable bonds is 7. The van der Waals surface area contributed by atoms with Crippen LogP contribution < -0.4 is 4.74 Å². The van der Waals surface area contributed by atoms with E-state index < -0.39 is 0 Å². The number of benzene rings is 1. The average Bonchev–Trinajstić information content (AvgIpc) is 2.72. The van der Waals surface area contributed by atoms with Crippen molar-refractivity contribution in [2.75, 3.05) is 54.1 Å². The van der Waals surface area contributed by atoms with E-state index in [1.165, 1.54) is 11.1 Å². The summed E-state index contributed by atoms with van der Waals surface area (Å²) in [6.45, 7) is 9.63.